The first-order valence-electron chi connectivity index (χ1n) is 14.5. The second-order valence-electron chi connectivity index (χ2n) is 11.4. The lowest BCUT2D eigenvalue weighted by atomic mass is 10.0. The van der Waals surface area contributed by atoms with Crippen LogP contribution in [0.15, 0.2) is 54.0 Å². The van der Waals surface area contributed by atoms with Gasteiger partial charge in [0.25, 0.3) is 0 Å². The van der Waals surface area contributed by atoms with Gasteiger partial charge in [-0.3, -0.25) is 9.78 Å². The number of hydrogen-bond donors (Lipinski definition) is 0. The number of aromatic nitrogens is 4. The first-order valence-corrected chi connectivity index (χ1v) is 14.9. The van der Waals surface area contributed by atoms with Crippen molar-refractivity contribution in [2.24, 2.45) is 0 Å². The largest absolute Gasteiger partial charge is 0.355 e. The van der Waals surface area contributed by atoms with Crippen LogP contribution in [0, 0.1) is 24.6 Å². The molecule has 0 unspecified atom stereocenters. The van der Waals surface area contributed by atoms with Crippen LogP contribution in [0.4, 0.5) is 10.2 Å². The second-order valence-corrected chi connectivity index (χ2v) is 11.8. The predicted molar refractivity (Wildman–Crippen MR) is 180 cm³/mol. The highest BCUT2D eigenvalue weighted by atomic mass is 35.5. The maximum Gasteiger partial charge on any atom is 0.355 e. The summed E-state index contributed by atoms with van der Waals surface area (Å²) in [5, 5.41) is 0.711. The lowest BCUT2D eigenvalue weighted by Gasteiger charge is -2.44. The fraction of sp³-hybridized carbons (Fsp3) is 0.343. The number of carbonyl (C=O) groups is 1. The maximum atomic E-state index is 15.3. The van der Waals surface area contributed by atoms with Crippen LogP contribution >= 0.6 is 11.6 Å². The van der Waals surface area contributed by atoms with E-state index in [1.54, 1.807) is 36.2 Å². The van der Waals surface area contributed by atoms with Gasteiger partial charge in [-0.25, -0.2) is 18.7 Å². The first-order chi connectivity index (χ1) is 21.0. The minimum Gasteiger partial charge on any atom is -0.349 e. The fourth-order valence-electron chi connectivity index (χ4n) is 5.77. The van der Waals surface area contributed by atoms with Crippen molar-refractivity contribution in [1.29, 1.82) is 0 Å². The molecule has 0 aliphatic carbocycles. The molecule has 4 heterocycles. The van der Waals surface area contributed by atoms with Crippen molar-refractivity contribution in [3.05, 3.63) is 87.3 Å². The number of piperazine rings is 1. The second kappa shape index (κ2) is 13.2. The molecule has 5 rings (SSSR count). The summed E-state index contributed by atoms with van der Waals surface area (Å²) >= 11 is 6.87. The Kier molecular flexibility index (Phi) is 9.79. The van der Waals surface area contributed by atoms with Gasteiger partial charge in [0.1, 0.15) is 11.6 Å². The molecule has 1 aliphatic heterocycles. The van der Waals surface area contributed by atoms with Crippen LogP contribution in [-0.2, 0) is 4.79 Å². The Balaban J connectivity index is 0.00000461. The van der Waals surface area contributed by atoms with Crippen molar-refractivity contribution in [2.45, 2.75) is 67.0 Å². The lowest BCUT2D eigenvalue weighted by molar-refractivity contribution is -0.128. The van der Waals surface area contributed by atoms with E-state index in [1.165, 1.54) is 16.7 Å². The summed E-state index contributed by atoms with van der Waals surface area (Å²) in [5.74, 6) is 5.48. The summed E-state index contributed by atoms with van der Waals surface area (Å²) < 4.78 is 16.8. The Hall–Kier alpha value is -4.55. The summed E-state index contributed by atoms with van der Waals surface area (Å²) in [6.07, 6.45) is 3.02. The van der Waals surface area contributed by atoms with Gasteiger partial charge in [-0.1, -0.05) is 45.4 Å². The smallest absolute Gasteiger partial charge is 0.349 e. The summed E-state index contributed by atoms with van der Waals surface area (Å²) in [7, 11) is 0. The quantitative estimate of drug-likeness (QED) is 0.181. The van der Waals surface area contributed by atoms with Crippen LogP contribution < -0.4 is 10.6 Å². The molecular weight excluding hydrogens is 591 g/mol. The monoisotopic (exact) mass is 628 g/mol. The van der Waals surface area contributed by atoms with Crippen LogP contribution in [0.1, 0.15) is 64.8 Å². The van der Waals surface area contributed by atoms with E-state index in [4.69, 9.17) is 16.6 Å². The van der Waals surface area contributed by atoms with E-state index in [1.807, 2.05) is 45.6 Å². The number of anilines is 1. The van der Waals surface area contributed by atoms with E-state index in [0.29, 0.717) is 41.2 Å². The molecule has 234 valence electrons. The minimum atomic E-state index is -0.554. The zero-order valence-electron chi connectivity index (χ0n) is 25.7. The van der Waals surface area contributed by atoms with Gasteiger partial charge in [0.05, 0.1) is 27.5 Å². The molecule has 1 saturated heterocycles. The molecule has 8 nitrogen and oxygen atoms in total. The highest BCUT2D eigenvalue weighted by Crippen LogP contribution is 2.37. The molecule has 0 N–H and O–H groups in total. The van der Waals surface area contributed by atoms with Crippen LogP contribution in [-0.4, -0.2) is 55.5 Å². The Labute approximate surface area is 268 Å². The van der Waals surface area contributed by atoms with E-state index < -0.39 is 11.5 Å². The molecule has 2 atom stereocenters. The zero-order chi connectivity index (χ0) is 31.9. The van der Waals surface area contributed by atoms with Gasteiger partial charge in [-0.15, -0.1) is 5.92 Å². The van der Waals surface area contributed by atoms with E-state index in [2.05, 4.69) is 28.4 Å². The molecule has 1 aliphatic rings. The SMILES string of the molecule is C.C=CC(=O)N1C[C@H](C)N(c2nc(=O)n(-c3c(C)ccnc3C(C)C)c3nc(-c4cc(C#CC)ccc4F)c(Cl)cc23)C[C@H]1C. The summed E-state index contributed by atoms with van der Waals surface area (Å²) in [6.45, 7) is 16.0. The highest BCUT2D eigenvalue weighted by molar-refractivity contribution is 6.34. The number of benzene rings is 1. The average Bonchev–Trinajstić information content (AvgIpc) is 2.98. The van der Waals surface area contributed by atoms with Crippen LogP contribution in [0.3, 0.4) is 0 Å². The van der Waals surface area contributed by atoms with Gasteiger partial charge in [0, 0.05) is 42.5 Å². The Bertz CT molecular complexity index is 1930. The predicted octanol–water partition coefficient (Wildman–Crippen LogP) is 6.69. The van der Waals surface area contributed by atoms with Crippen LogP contribution in [0.5, 0.6) is 0 Å². The molecule has 0 saturated carbocycles. The van der Waals surface area contributed by atoms with Gasteiger partial charge in [0.2, 0.25) is 5.91 Å². The third-order valence-corrected chi connectivity index (χ3v) is 8.22. The van der Waals surface area contributed by atoms with E-state index in [-0.39, 0.29) is 53.3 Å². The molecular formula is C35H38ClFN6O2. The molecule has 4 aromatic rings. The number of halogens is 2. The minimum absolute atomic E-state index is 0. The number of fused-ring (bicyclic) bond motifs is 1. The van der Waals surface area contributed by atoms with Crippen molar-refractivity contribution in [3.8, 4) is 28.8 Å². The van der Waals surface area contributed by atoms with E-state index in [9.17, 15) is 9.59 Å². The molecule has 1 aromatic carbocycles. The average molecular weight is 629 g/mol. The van der Waals surface area contributed by atoms with Gasteiger partial charge >= 0.3 is 5.69 Å². The summed E-state index contributed by atoms with van der Waals surface area (Å²) in [6, 6.07) is 7.68. The number of hydrogen-bond acceptors (Lipinski definition) is 6. The van der Waals surface area contributed by atoms with Gasteiger partial charge in [-0.05, 0) is 75.6 Å². The van der Waals surface area contributed by atoms with Crippen molar-refractivity contribution in [3.63, 3.8) is 0 Å². The van der Waals surface area contributed by atoms with E-state index in [0.717, 1.165) is 5.56 Å². The first kappa shape index (κ1) is 33.3. The van der Waals surface area contributed by atoms with E-state index >= 15 is 4.39 Å². The molecule has 0 spiro atoms. The van der Waals surface area contributed by atoms with Crippen LogP contribution in [0.25, 0.3) is 28.0 Å². The van der Waals surface area contributed by atoms with Crippen molar-refractivity contribution >= 4 is 34.4 Å². The van der Waals surface area contributed by atoms with Crippen LogP contribution in [0.2, 0.25) is 5.02 Å². The van der Waals surface area contributed by atoms with Gasteiger partial charge < -0.3 is 9.80 Å². The molecule has 0 radical (unpaired) electrons. The number of aryl methyl sites for hydroxylation is 1. The lowest BCUT2D eigenvalue weighted by Crippen LogP contribution is -2.58. The summed E-state index contributed by atoms with van der Waals surface area (Å²) in [4.78, 5) is 44.5. The molecule has 0 bridgehead atoms. The Morgan fingerprint density at radius 2 is 1.89 bits per heavy atom. The number of amides is 1. The molecule has 45 heavy (non-hydrogen) atoms. The Morgan fingerprint density at radius 3 is 2.56 bits per heavy atom. The number of carbonyl (C=O) groups excluding carboxylic acids is 1. The molecule has 10 heteroatoms. The third kappa shape index (κ3) is 6.07. The fourth-order valence-corrected chi connectivity index (χ4v) is 6.03. The topological polar surface area (TPSA) is 84.2 Å². The summed E-state index contributed by atoms with van der Waals surface area (Å²) in [5.41, 5.74) is 2.75. The van der Waals surface area contributed by atoms with Crippen molar-refractivity contribution < 1.29 is 9.18 Å². The van der Waals surface area contributed by atoms with Gasteiger partial charge in [-0.2, -0.15) is 4.98 Å². The zero-order valence-corrected chi connectivity index (χ0v) is 26.4. The molecule has 3 aromatic heterocycles. The number of pyridine rings is 2. The Morgan fingerprint density at radius 1 is 1.16 bits per heavy atom. The van der Waals surface area contributed by atoms with Crippen molar-refractivity contribution in [2.75, 3.05) is 18.0 Å². The van der Waals surface area contributed by atoms with Crippen molar-refractivity contribution in [1.82, 2.24) is 24.4 Å². The third-order valence-electron chi connectivity index (χ3n) is 7.93. The number of rotatable bonds is 5. The molecule has 1 amide bonds. The number of nitrogens with zero attached hydrogens (tertiary/aromatic N) is 6. The highest BCUT2D eigenvalue weighted by Gasteiger charge is 2.34. The molecule has 1 fully saturated rings. The van der Waals surface area contributed by atoms with Gasteiger partial charge in [0.15, 0.2) is 5.65 Å². The normalized spacial score (nSPS) is 16.3. The standard InChI is InChI=1S/C34H34ClFN6O2.CH4/c1-8-10-23-11-12-27(36)24(15-23)30-26(35)16-25-32(41-18-21(6)40(17-22(41)7)28(43)9-2)39-34(44)42(33(25)38-30)31-20(5)13-14-37-29(31)19(3)4;/h9,11-16,19,21-22H,2,17-18H2,1,3-7H3;1H4/t21-,22+;/m1./s1. The maximum absolute atomic E-state index is 15.3.